The zero-order valence-corrected chi connectivity index (χ0v) is 18.5. The lowest BCUT2D eigenvalue weighted by Gasteiger charge is -2.34. The average Bonchev–Trinajstić information content (AvgIpc) is 2.99. The van der Waals surface area contributed by atoms with E-state index in [0.717, 1.165) is 28.1 Å². The lowest BCUT2D eigenvalue weighted by molar-refractivity contribution is 0.834. The molecule has 6 rings (SSSR count). The van der Waals surface area contributed by atoms with E-state index in [-0.39, 0.29) is 6.04 Å². The highest BCUT2D eigenvalue weighted by Crippen LogP contribution is 2.38. The molecule has 0 aromatic carbocycles. The first-order valence-electron chi connectivity index (χ1n) is 11.0. The maximum Gasteiger partial charge on any atom is 0.235 e. The third-order valence-corrected chi connectivity index (χ3v) is 5.85. The van der Waals surface area contributed by atoms with Gasteiger partial charge in [0.05, 0.1) is 17.4 Å². The van der Waals surface area contributed by atoms with Gasteiger partial charge in [-0.15, -0.1) is 0 Å². The number of aryl methyl sites for hydroxylation is 1. The Bertz CT molecular complexity index is 1400. The molecular weight excluding hydrogens is 426 g/mol. The van der Waals surface area contributed by atoms with Crippen molar-refractivity contribution < 1.29 is 0 Å². The Morgan fingerprint density at radius 3 is 2.71 bits per heavy atom. The molecule has 166 valence electrons. The minimum atomic E-state index is -0.0811. The van der Waals surface area contributed by atoms with E-state index >= 15 is 0 Å². The quantitative estimate of drug-likeness (QED) is 0.590. The Labute approximate surface area is 196 Å². The molecule has 3 aromatic heterocycles. The molecular formula is C25H21N9. The zero-order valence-electron chi connectivity index (χ0n) is 18.5. The molecule has 1 unspecified atom stereocenters. The summed E-state index contributed by atoms with van der Waals surface area (Å²) in [6.07, 6.45) is 21.5. The van der Waals surface area contributed by atoms with E-state index in [1.807, 2.05) is 62.2 Å². The molecule has 0 radical (unpaired) electrons. The fourth-order valence-corrected chi connectivity index (χ4v) is 4.32. The van der Waals surface area contributed by atoms with Gasteiger partial charge < -0.3 is 4.90 Å². The van der Waals surface area contributed by atoms with E-state index in [9.17, 15) is 0 Å². The van der Waals surface area contributed by atoms with Crippen molar-refractivity contribution in [3.05, 3.63) is 84.5 Å². The van der Waals surface area contributed by atoms with Crippen LogP contribution in [-0.2, 0) is 6.42 Å². The highest BCUT2D eigenvalue weighted by Gasteiger charge is 2.30. The molecule has 2 bridgehead atoms. The van der Waals surface area contributed by atoms with Crippen LogP contribution in [0.3, 0.4) is 0 Å². The van der Waals surface area contributed by atoms with Gasteiger partial charge in [0.2, 0.25) is 11.9 Å². The second-order valence-electron chi connectivity index (χ2n) is 8.01. The number of aliphatic imine (C=N–C) groups is 2. The molecule has 0 saturated heterocycles. The Kier molecular flexibility index (Phi) is 4.99. The van der Waals surface area contributed by atoms with Crippen LogP contribution < -0.4 is 9.80 Å². The zero-order chi connectivity index (χ0) is 22.9. The second-order valence-corrected chi connectivity index (χ2v) is 8.01. The number of rotatable bonds is 2. The molecule has 0 saturated carbocycles. The number of aromatic nitrogens is 5. The maximum absolute atomic E-state index is 4.97. The van der Waals surface area contributed by atoms with Crippen molar-refractivity contribution in [3.8, 4) is 0 Å². The molecule has 9 heteroatoms. The van der Waals surface area contributed by atoms with E-state index in [2.05, 4.69) is 35.8 Å². The monoisotopic (exact) mass is 447 g/mol. The van der Waals surface area contributed by atoms with E-state index in [1.54, 1.807) is 18.6 Å². The van der Waals surface area contributed by atoms with Gasteiger partial charge in [0.15, 0.2) is 0 Å². The Morgan fingerprint density at radius 2 is 1.76 bits per heavy atom. The minimum Gasteiger partial charge on any atom is -0.306 e. The Morgan fingerprint density at radius 1 is 0.912 bits per heavy atom. The molecule has 0 N–H and O–H groups in total. The van der Waals surface area contributed by atoms with Crippen LogP contribution in [0.5, 0.6) is 0 Å². The van der Waals surface area contributed by atoms with Gasteiger partial charge in [0.25, 0.3) is 0 Å². The van der Waals surface area contributed by atoms with Crippen LogP contribution in [0.4, 0.5) is 23.3 Å². The molecule has 0 spiro atoms. The summed E-state index contributed by atoms with van der Waals surface area (Å²) in [5.74, 6) is 1.77. The summed E-state index contributed by atoms with van der Waals surface area (Å²) >= 11 is 0. The van der Waals surface area contributed by atoms with Crippen LogP contribution >= 0.6 is 0 Å². The molecule has 3 aliphatic rings. The first kappa shape index (κ1) is 20.1. The molecule has 3 aliphatic heterocycles. The van der Waals surface area contributed by atoms with Gasteiger partial charge in [-0.05, 0) is 42.8 Å². The third kappa shape index (κ3) is 3.57. The Balaban J connectivity index is 1.49. The third-order valence-electron chi connectivity index (χ3n) is 5.85. The number of pyridine rings is 2. The van der Waals surface area contributed by atoms with Gasteiger partial charge in [0.1, 0.15) is 5.82 Å². The van der Waals surface area contributed by atoms with Crippen LogP contribution in [0, 0.1) is 6.92 Å². The molecule has 0 fully saturated rings. The first-order chi connectivity index (χ1) is 16.8. The fourth-order valence-electron chi connectivity index (χ4n) is 4.32. The van der Waals surface area contributed by atoms with Crippen LogP contribution in [0.1, 0.15) is 17.0 Å². The largest absolute Gasteiger partial charge is 0.306 e. The molecule has 6 heterocycles. The number of nitrogens with zero attached hydrogens (tertiary/aromatic N) is 9. The minimum absolute atomic E-state index is 0.0811. The van der Waals surface area contributed by atoms with Crippen molar-refractivity contribution in [3.63, 3.8) is 0 Å². The molecule has 3 aromatic rings. The number of fused-ring (bicyclic) bond motifs is 4. The topological polar surface area (TPSA) is 95.7 Å². The summed E-state index contributed by atoms with van der Waals surface area (Å²) in [6.45, 7) is 2.46. The average molecular weight is 448 g/mol. The van der Waals surface area contributed by atoms with E-state index < -0.39 is 0 Å². The predicted octanol–water partition coefficient (Wildman–Crippen LogP) is 3.75. The van der Waals surface area contributed by atoms with Crippen molar-refractivity contribution >= 4 is 41.3 Å². The normalized spacial score (nSPS) is 19.3. The van der Waals surface area contributed by atoms with Crippen LogP contribution in [0.15, 0.2) is 77.5 Å². The van der Waals surface area contributed by atoms with Crippen LogP contribution in [0.25, 0.3) is 5.57 Å². The number of anilines is 4. The number of hydrogen-bond donors (Lipinski definition) is 0. The SMILES string of the molecule is Cc1nc(N2C/C=C\N=CCc3cnccc32)nc(N2c3ccncc3C3=CC2C=CN=C3)n1. The standard InChI is InChI=1S/C25H21N9/c1-17-30-24(33-12-2-7-26-8-3-18-14-28-10-5-22(18)33)32-25(31-17)34-20-4-9-27-15-19(13-20)21-16-29-11-6-23(21)34/h2,4-11,13-16,20H,3,12H2,1H3/b7-2-,26-8?. The molecule has 34 heavy (non-hydrogen) atoms. The molecule has 1 atom stereocenters. The summed E-state index contributed by atoms with van der Waals surface area (Å²) < 4.78 is 0. The van der Waals surface area contributed by atoms with Gasteiger partial charge in [-0.25, -0.2) is 0 Å². The summed E-state index contributed by atoms with van der Waals surface area (Å²) in [5, 5.41) is 0. The van der Waals surface area contributed by atoms with Gasteiger partial charge in [-0.1, -0.05) is 0 Å². The number of allylic oxidation sites excluding steroid dienone is 1. The smallest absolute Gasteiger partial charge is 0.235 e. The number of hydrogen-bond acceptors (Lipinski definition) is 9. The Hall–Kier alpha value is -4.53. The molecule has 0 aliphatic carbocycles. The molecule has 0 amide bonds. The summed E-state index contributed by atoms with van der Waals surface area (Å²) in [6, 6.07) is 3.90. The van der Waals surface area contributed by atoms with Crippen molar-refractivity contribution in [2.45, 2.75) is 19.4 Å². The fraction of sp³-hybridized carbons (Fsp3) is 0.160. The van der Waals surface area contributed by atoms with E-state index in [0.29, 0.717) is 30.7 Å². The van der Waals surface area contributed by atoms with Crippen molar-refractivity contribution in [1.82, 2.24) is 24.9 Å². The van der Waals surface area contributed by atoms with Gasteiger partial charge >= 0.3 is 0 Å². The lowest BCUT2D eigenvalue weighted by Crippen LogP contribution is -2.34. The van der Waals surface area contributed by atoms with Crippen molar-refractivity contribution in [2.24, 2.45) is 9.98 Å². The summed E-state index contributed by atoms with van der Waals surface area (Å²) in [4.78, 5) is 36.0. The second kappa shape index (κ2) is 8.43. The predicted molar refractivity (Wildman–Crippen MR) is 133 cm³/mol. The van der Waals surface area contributed by atoms with E-state index in [4.69, 9.17) is 15.0 Å². The van der Waals surface area contributed by atoms with Crippen LogP contribution in [0.2, 0.25) is 0 Å². The van der Waals surface area contributed by atoms with Gasteiger partial charge in [-0.3, -0.25) is 24.9 Å². The van der Waals surface area contributed by atoms with Gasteiger partial charge in [-0.2, -0.15) is 15.0 Å². The van der Waals surface area contributed by atoms with Crippen LogP contribution in [-0.4, -0.2) is 49.9 Å². The highest BCUT2D eigenvalue weighted by molar-refractivity contribution is 6.14. The first-order valence-corrected chi connectivity index (χ1v) is 11.0. The summed E-state index contributed by atoms with van der Waals surface area (Å²) in [5.41, 5.74) is 5.06. The van der Waals surface area contributed by atoms with Crippen molar-refractivity contribution in [1.29, 1.82) is 0 Å². The highest BCUT2D eigenvalue weighted by atomic mass is 15.4. The molecule has 9 nitrogen and oxygen atoms in total. The summed E-state index contributed by atoms with van der Waals surface area (Å²) in [7, 11) is 0. The van der Waals surface area contributed by atoms with Gasteiger partial charge in [0, 0.05) is 73.7 Å². The lowest BCUT2D eigenvalue weighted by atomic mass is 9.98. The van der Waals surface area contributed by atoms with E-state index in [1.165, 1.54) is 0 Å². The van der Waals surface area contributed by atoms with Crippen molar-refractivity contribution in [2.75, 3.05) is 16.3 Å². The maximum atomic E-state index is 4.97.